The van der Waals surface area contributed by atoms with Crippen LogP contribution in [0.15, 0.2) is 30.3 Å². The lowest BCUT2D eigenvalue weighted by Crippen LogP contribution is -2.02. The SMILES string of the molecule is Cc1sc(C(=O)/C=C/c2ccc(CCC(=O)O)cc2)c2c1[C@H]1C(C2)C1(C)C. The quantitative estimate of drug-likeness (QED) is 0.549. The average Bonchev–Trinajstić information content (AvgIpc) is 2.96. The fourth-order valence-electron chi connectivity index (χ4n) is 4.63. The summed E-state index contributed by atoms with van der Waals surface area (Å²) in [7, 11) is 0. The van der Waals surface area contributed by atoms with Crippen LogP contribution in [0.3, 0.4) is 0 Å². The van der Waals surface area contributed by atoms with Crippen molar-refractivity contribution in [3.63, 3.8) is 0 Å². The Morgan fingerprint density at radius 1 is 1.26 bits per heavy atom. The average molecular weight is 381 g/mol. The third kappa shape index (κ3) is 3.16. The van der Waals surface area contributed by atoms with Gasteiger partial charge in [0.25, 0.3) is 0 Å². The first-order valence-corrected chi connectivity index (χ1v) is 10.3. The van der Waals surface area contributed by atoms with Crippen molar-refractivity contribution in [2.24, 2.45) is 11.3 Å². The number of hydrogen-bond acceptors (Lipinski definition) is 3. The molecular weight excluding hydrogens is 356 g/mol. The number of carboxylic acid groups (broad SMARTS) is 1. The van der Waals surface area contributed by atoms with Crippen LogP contribution in [0.5, 0.6) is 0 Å². The first-order chi connectivity index (χ1) is 12.8. The number of hydrogen-bond donors (Lipinski definition) is 1. The summed E-state index contributed by atoms with van der Waals surface area (Å²) in [5.41, 5.74) is 5.10. The number of carbonyl (C=O) groups is 2. The Balaban J connectivity index is 1.47. The first-order valence-electron chi connectivity index (χ1n) is 9.44. The normalized spacial score (nSPS) is 21.9. The Morgan fingerprint density at radius 2 is 1.96 bits per heavy atom. The molecule has 4 rings (SSSR count). The zero-order valence-electron chi connectivity index (χ0n) is 15.9. The van der Waals surface area contributed by atoms with Crippen molar-refractivity contribution < 1.29 is 14.7 Å². The summed E-state index contributed by atoms with van der Waals surface area (Å²) in [6.45, 7) is 6.82. The second kappa shape index (κ2) is 6.45. The molecule has 0 bridgehead atoms. The van der Waals surface area contributed by atoms with Gasteiger partial charge in [-0.05, 0) is 65.3 Å². The number of thiophene rings is 1. The molecule has 140 valence electrons. The maximum absolute atomic E-state index is 12.8. The minimum Gasteiger partial charge on any atom is -0.481 e. The van der Waals surface area contributed by atoms with Crippen molar-refractivity contribution in [2.45, 2.75) is 46.0 Å². The number of allylic oxidation sites excluding steroid dienone is 1. The van der Waals surface area contributed by atoms with E-state index in [2.05, 4.69) is 20.8 Å². The minimum absolute atomic E-state index is 0.0957. The van der Waals surface area contributed by atoms with E-state index in [1.165, 1.54) is 16.0 Å². The Kier molecular flexibility index (Phi) is 4.34. The van der Waals surface area contributed by atoms with Crippen molar-refractivity contribution in [1.82, 2.24) is 0 Å². The Morgan fingerprint density at radius 3 is 2.63 bits per heavy atom. The van der Waals surface area contributed by atoms with Crippen LogP contribution < -0.4 is 0 Å². The summed E-state index contributed by atoms with van der Waals surface area (Å²) in [6, 6.07) is 7.72. The summed E-state index contributed by atoms with van der Waals surface area (Å²) < 4.78 is 0. The molecule has 0 spiro atoms. The Bertz CT molecular complexity index is 947. The number of carboxylic acids is 1. The molecule has 2 atom stereocenters. The van der Waals surface area contributed by atoms with Gasteiger partial charge in [-0.25, -0.2) is 0 Å². The summed E-state index contributed by atoms with van der Waals surface area (Å²) >= 11 is 1.65. The molecule has 0 amide bonds. The molecule has 1 fully saturated rings. The van der Waals surface area contributed by atoms with Gasteiger partial charge in [0, 0.05) is 11.3 Å². The summed E-state index contributed by atoms with van der Waals surface area (Å²) in [4.78, 5) is 25.6. The maximum atomic E-state index is 12.8. The van der Waals surface area contributed by atoms with E-state index in [9.17, 15) is 9.59 Å². The minimum atomic E-state index is -0.788. The molecule has 3 nitrogen and oxygen atoms in total. The molecular formula is C23H24O3S. The number of aliphatic carboxylic acids is 1. The largest absolute Gasteiger partial charge is 0.481 e. The highest BCUT2D eigenvalue weighted by molar-refractivity contribution is 7.14. The van der Waals surface area contributed by atoms with Crippen LogP contribution in [0.1, 0.15) is 63.0 Å². The van der Waals surface area contributed by atoms with Crippen molar-refractivity contribution in [1.29, 1.82) is 0 Å². The van der Waals surface area contributed by atoms with Gasteiger partial charge in [-0.15, -0.1) is 11.3 Å². The maximum Gasteiger partial charge on any atom is 0.303 e. The van der Waals surface area contributed by atoms with Gasteiger partial charge in [-0.1, -0.05) is 44.2 Å². The van der Waals surface area contributed by atoms with Crippen LogP contribution in [-0.2, 0) is 17.6 Å². The molecule has 0 radical (unpaired) electrons. The van der Waals surface area contributed by atoms with Crippen molar-refractivity contribution in [3.05, 3.63) is 62.3 Å². The molecule has 0 saturated heterocycles. The molecule has 1 aromatic carbocycles. The second-order valence-corrected chi connectivity index (χ2v) is 9.55. The molecule has 1 N–H and O–H groups in total. The van der Waals surface area contributed by atoms with Crippen LogP contribution >= 0.6 is 11.3 Å². The molecule has 27 heavy (non-hydrogen) atoms. The molecule has 1 saturated carbocycles. The molecule has 1 unspecified atom stereocenters. The highest BCUT2D eigenvalue weighted by Crippen LogP contribution is 2.71. The topological polar surface area (TPSA) is 54.4 Å². The highest BCUT2D eigenvalue weighted by atomic mass is 32.1. The van der Waals surface area contributed by atoms with Crippen LogP contribution in [0, 0.1) is 18.3 Å². The van der Waals surface area contributed by atoms with Gasteiger partial charge in [-0.3, -0.25) is 9.59 Å². The van der Waals surface area contributed by atoms with Crippen LogP contribution in [0.25, 0.3) is 6.08 Å². The smallest absolute Gasteiger partial charge is 0.303 e. The van der Waals surface area contributed by atoms with Crippen LogP contribution in [0.2, 0.25) is 0 Å². The summed E-state index contributed by atoms with van der Waals surface area (Å²) in [5, 5.41) is 8.75. The molecule has 2 aliphatic rings. The van der Waals surface area contributed by atoms with E-state index in [4.69, 9.17) is 5.11 Å². The molecule has 4 heteroatoms. The summed E-state index contributed by atoms with van der Waals surface area (Å²) in [5.74, 6) is 0.666. The number of fused-ring (bicyclic) bond motifs is 3. The Labute approximate surface area is 163 Å². The monoisotopic (exact) mass is 380 g/mol. The van der Waals surface area contributed by atoms with E-state index in [1.54, 1.807) is 17.4 Å². The van der Waals surface area contributed by atoms with Gasteiger partial charge in [0.05, 0.1) is 4.88 Å². The lowest BCUT2D eigenvalue weighted by molar-refractivity contribution is -0.136. The van der Waals surface area contributed by atoms with E-state index >= 15 is 0 Å². The second-order valence-electron chi connectivity index (χ2n) is 8.32. The number of benzene rings is 1. The first kappa shape index (κ1) is 18.2. The van der Waals surface area contributed by atoms with Crippen LogP contribution in [-0.4, -0.2) is 16.9 Å². The van der Waals surface area contributed by atoms with E-state index in [0.717, 1.165) is 22.4 Å². The van der Waals surface area contributed by atoms with E-state index in [1.807, 2.05) is 30.3 Å². The number of carbonyl (C=O) groups excluding carboxylic acids is 1. The zero-order valence-corrected chi connectivity index (χ0v) is 16.7. The predicted molar refractivity (Wildman–Crippen MR) is 109 cm³/mol. The lowest BCUT2D eigenvalue weighted by atomic mass is 9.94. The molecule has 1 aromatic heterocycles. The van der Waals surface area contributed by atoms with Crippen molar-refractivity contribution in [2.75, 3.05) is 0 Å². The molecule has 0 aliphatic heterocycles. The van der Waals surface area contributed by atoms with Gasteiger partial charge in [0.2, 0.25) is 0 Å². The van der Waals surface area contributed by atoms with E-state index in [0.29, 0.717) is 23.7 Å². The van der Waals surface area contributed by atoms with E-state index in [-0.39, 0.29) is 12.2 Å². The van der Waals surface area contributed by atoms with Gasteiger partial charge in [0.1, 0.15) is 0 Å². The molecule has 1 heterocycles. The summed E-state index contributed by atoms with van der Waals surface area (Å²) in [6.07, 6.45) is 5.23. The number of rotatable bonds is 6. The van der Waals surface area contributed by atoms with E-state index < -0.39 is 5.97 Å². The third-order valence-electron chi connectivity index (χ3n) is 6.28. The van der Waals surface area contributed by atoms with Gasteiger partial charge >= 0.3 is 5.97 Å². The molecule has 2 aromatic rings. The van der Waals surface area contributed by atoms with Gasteiger partial charge in [-0.2, -0.15) is 0 Å². The molecule has 2 aliphatic carbocycles. The fraction of sp³-hybridized carbons (Fsp3) is 0.391. The zero-order chi connectivity index (χ0) is 19.3. The predicted octanol–water partition coefficient (Wildman–Crippen LogP) is 5.27. The van der Waals surface area contributed by atoms with Crippen molar-refractivity contribution in [3.8, 4) is 0 Å². The fourth-order valence-corrected chi connectivity index (χ4v) is 5.78. The standard InChI is InChI=1S/C23H24O3S/c1-13-20-16(12-17-21(20)23(17,2)3)22(27-13)18(24)10-8-14-4-6-15(7-5-14)9-11-19(25)26/h4-8,10,17,21H,9,11-12H2,1-3H3,(H,25,26)/b10-8+/t17?,21-/m1/s1. The van der Waals surface area contributed by atoms with Gasteiger partial charge < -0.3 is 5.11 Å². The van der Waals surface area contributed by atoms with Crippen LogP contribution in [0.4, 0.5) is 0 Å². The van der Waals surface area contributed by atoms with Crippen molar-refractivity contribution >= 4 is 29.2 Å². The highest BCUT2D eigenvalue weighted by Gasteiger charge is 2.63. The third-order valence-corrected chi connectivity index (χ3v) is 7.46. The Hall–Kier alpha value is -2.20. The lowest BCUT2D eigenvalue weighted by Gasteiger charge is -2.09. The van der Waals surface area contributed by atoms with Gasteiger partial charge in [0.15, 0.2) is 5.78 Å². The number of ketones is 1. The number of aryl methyl sites for hydroxylation is 2.